The molecule has 0 unspecified atom stereocenters. The van der Waals surface area contributed by atoms with Gasteiger partial charge in [-0.25, -0.2) is 0 Å². The van der Waals surface area contributed by atoms with Gasteiger partial charge in [0.05, 0.1) is 7.11 Å². The molecule has 0 fully saturated rings. The van der Waals surface area contributed by atoms with Gasteiger partial charge in [0.15, 0.2) is 18.1 Å². The van der Waals surface area contributed by atoms with E-state index in [1.807, 2.05) is 6.07 Å². The zero-order chi connectivity index (χ0) is 21.4. The maximum atomic E-state index is 12.2. The van der Waals surface area contributed by atoms with Crippen LogP contribution in [0.5, 0.6) is 11.5 Å². The van der Waals surface area contributed by atoms with Crippen molar-refractivity contribution in [2.45, 2.75) is 33.2 Å². The molecule has 2 aromatic rings. The number of rotatable bonds is 9. The standard InChI is InChI=1S/C23H30N2O4/c1-16-6-8-19(17(2)12-16)9-11-22(26)24-14-18-7-10-20(21(13-18)28-5)29-15-23(27)25(3)4/h6-8,10,12-13H,9,11,14-15H2,1-5H3,(H,24,26). The fourth-order valence-corrected chi connectivity index (χ4v) is 2.87. The number of hydrogen-bond acceptors (Lipinski definition) is 4. The molecule has 2 rings (SSSR count). The highest BCUT2D eigenvalue weighted by atomic mass is 16.5. The lowest BCUT2D eigenvalue weighted by Gasteiger charge is -2.14. The van der Waals surface area contributed by atoms with Crippen LogP contribution < -0.4 is 14.8 Å². The quantitative estimate of drug-likeness (QED) is 0.705. The van der Waals surface area contributed by atoms with Gasteiger partial charge in [-0.1, -0.05) is 29.8 Å². The van der Waals surface area contributed by atoms with E-state index < -0.39 is 0 Å². The summed E-state index contributed by atoms with van der Waals surface area (Å²) >= 11 is 0. The molecule has 6 nitrogen and oxygen atoms in total. The van der Waals surface area contributed by atoms with Crippen LogP contribution in [0.25, 0.3) is 0 Å². The van der Waals surface area contributed by atoms with Crippen LogP contribution in [-0.2, 0) is 22.6 Å². The molecule has 0 bridgehead atoms. The van der Waals surface area contributed by atoms with Crippen molar-refractivity contribution < 1.29 is 19.1 Å². The summed E-state index contributed by atoms with van der Waals surface area (Å²) in [7, 11) is 4.89. The van der Waals surface area contributed by atoms with E-state index in [1.54, 1.807) is 33.3 Å². The van der Waals surface area contributed by atoms with Gasteiger partial charge in [0.25, 0.3) is 5.91 Å². The number of likely N-dealkylation sites (N-methyl/N-ethyl adjacent to an activating group) is 1. The lowest BCUT2D eigenvalue weighted by atomic mass is 10.0. The number of methoxy groups -OCH3 is 1. The van der Waals surface area contributed by atoms with Crippen LogP contribution in [0.4, 0.5) is 0 Å². The Labute approximate surface area is 172 Å². The van der Waals surface area contributed by atoms with Gasteiger partial charge in [-0.3, -0.25) is 9.59 Å². The van der Waals surface area contributed by atoms with Crippen molar-refractivity contribution in [2.24, 2.45) is 0 Å². The maximum absolute atomic E-state index is 12.2. The zero-order valence-corrected chi connectivity index (χ0v) is 17.9. The van der Waals surface area contributed by atoms with Gasteiger partial charge in [0, 0.05) is 27.1 Å². The van der Waals surface area contributed by atoms with E-state index >= 15 is 0 Å². The van der Waals surface area contributed by atoms with E-state index in [1.165, 1.54) is 21.6 Å². The zero-order valence-electron chi connectivity index (χ0n) is 17.9. The van der Waals surface area contributed by atoms with Crippen LogP contribution in [0.3, 0.4) is 0 Å². The second-order valence-electron chi connectivity index (χ2n) is 7.27. The Morgan fingerprint density at radius 3 is 2.45 bits per heavy atom. The SMILES string of the molecule is COc1cc(CNC(=O)CCc2ccc(C)cc2C)ccc1OCC(=O)N(C)C. The smallest absolute Gasteiger partial charge is 0.259 e. The number of nitrogens with one attached hydrogen (secondary N) is 1. The molecule has 2 aromatic carbocycles. The number of ether oxygens (including phenoxy) is 2. The largest absolute Gasteiger partial charge is 0.493 e. The van der Waals surface area contributed by atoms with Gasteiger partial charge in [-0.05, 0) is 49.1 Å². The minimum Gasteiger partial charge on any atom is -0.493 e. The average molecular weight is 399 g/mol. The third kappa shape index (κ3) is 6.82. The van der Waals surface area contributed by atoms with Crippen LogP contribution >= 0.6 is 0 Å². The van der Waals surface area contributed by atoms with Gasteiger partial charge in [-0.2, -0.15) is 0 Å². The molecule has 0 saturated carbocycles. The molecule has 29 heavy (non-hydrogen) atoms. The van der Waals surface area contributed by atoms with Gasteiger partial charge in [-0.15, -0.1) is 0 Å². The number of hydrogen-bond donors (Lipinski definition) is 1. The molecule has 0 aliphatic rings. The molecule has 0 spiro atoms. The number of aryl methyl sites for hydroxylation is 3. The van der Waals surface area contributed by atoms with E-state index in [2.05, 4.69) is 37.4 Å². The summed E-state index contributed by atoms with van der Waals surface area (Å²) in [6.45, 7) is 4.48. The van der Waals surface area contributed by atoms with Crippen LogP contribution in [-0.4, -0.2) is 44.5 Å². The van der Waals surface area contributed by atoms with Crippen molar-refractivity contribution in [1.82, 2.24) is 10.2 Å². The molecule has 0 radical (unpaired) electrons. The topological polar surface area (TPSA) is 67.9 Å². The highest BCUT2D eigenvalue weighted by Crippen LogP contribution is 2.28. The normalized spacial score (nSPS) is 10.4. The van der Waals surface area contributed by atoms with Crippen molar-refractivity contribution >= 4 is 11.8 Å². The third-order valence-electron chi connectivity index (χ3n) is 4.69. The molecular weight excluding hydrogens is 368 g/mol. The van der Waals surface area contributed by atoms with Gasteiger partial charge in [0.1, 0.15) is 0 Å². The molecule has 2 amide bonds. The number of benzene rings is 2. The Bertz CT molecular complexity index is 862. The van der Waals surface area contributed by atoms with Crippen molar-refractivity contribution in [3.05, 3.63) is 58.7 Å². The number of carbonyl (C=O) groups is 2. The minimum absolute atomic E-state index is 0.000785. The van der Waals surface area contributed by atoms with Crippen molar-refractivity contribution in [3.8, 4) is 11.5 Å². The molecule has 1 N–H and O–H groups in total. The van der Waals surface area contributed by atoms with Crippen molar-refractivity contribution in [3.63, 3.8) is 0 Å². The third-order valence-corrected chi connectivity index (χ3v) is 4.69. The summed E-state index contributed by atoms with van der Waals surface area (Å²) in [5.41, 5.74) is 4.53. The molecule has 0 aromatic heterocycles. The second kappa shape index (κ2) is 10.5. The molecule has 6 heteroatoms. The van der Waals surface area contributed by atoms with E-state index in [9.17, 15) is 9.59 Å². The maximum Gasteiger partial charge on any atom is 0.259 e. The molecule has 0 aliphatic carbocycles. The molecule has 0 aliphatic heterocycles. The van der Waals surface area contributed by atoms with Crippen LogP contribution in [0.1, 0.15) is 28.7 Å². The fourth-order valence-electron chi connectivity index (χ4n) is 2.87. The first-order chi connectivity index (χ1) is 13.8. The molecular formula is C23H30N2O4. The highest BCUT2D eigenvalue weighted by Gasteiger charge is 2.11. The monoisotopic (exact) mass is 398 g/mol. The summed E-state index contributed by atoms with van der Waals surface area (Å²) in [6, 6.07) is 11.7. The van der Waals surface area contributed by atoms with Crippen molar-refractivity contribution in [1.29, 1.82) is 0 Å². The summed E-state index contributed by atoms with van der Waals surface area (Å²) in [5, 5.41) is 2.94. The number of amides is 2. The number of carbonyl (C=O) groups excluding carboxylic acids is 2. The summed E-state index contributed by atoms with van der Waals surface area (Å²) in [4.78, 5) is 25.4. The summed E-state index contributed by atoms with van der Waals surface area (Å²) in [6.07, 6.45) is 1.16. The molecule has 156 valence electrons. The molecule has 0 saturated heterocycles. The van der Waals surface area contributed by atoms with Crippen LogP contribution in [0, 0.1) is 13.8 Å². The minimum atomic E-state index is -0.132. The Morgan fingerprint density at radius 2 is 1.79 bits per heavy atom. The van der Waals surface area contributed by atoms with E-state index in [0.29, 0.717) is 30.9 Å². The fraction of sp³-hybridized carbons (Fsp3) is 0.391. The Kier molecular flexibility index (Phi) is 8.07. The lowest BCUT2D eigenvalue weighted by Crippen LogP contribution is -2.27. The predicted molar refractivity (Wildman–Crippen MR) is 113 cm³/mol. The van der Waals surface area contributed by atoms with Crippen LogP contribution in [0.2, 0.25) is 0 Å². The predicted octanol–water partition coefficient (Wildman–Crippen LogP) is 3.03. The lowest BCUT2D eigenvalue weighted by molar-refractivity contribution is -0.130. The summed E-state index contributed by atoms with van der Waals surface area (Å²) < 4.78 is 10.9. The number of nitrogens with zero attached hydrogens (tertiary/aromatic N) is 1. The Hall–Kier alpha value is -3.02. The summed E-state index contributed by atoms with van der Waals surface area (Å²) in [5.74, 6) is 0.888. The van der Waals surface area contributed by atoms with Crippen molar-refractivity contribution in [2.75, 3.05) is 27.8 Å². The van der Waals surface area contributed by atoms with E-state index in [-0.39, 0.29) is 18.4 Å². The van der Waals surface area contributed by atoms with E-state index in [0.717, 1.165) is 5.56 Å². The first-order valence-corrected chi connectivity index (χ1v) is 9.63. The highest BCUT2D eigenvalue weighted by molar-refractivity contribution is 5.77. The Morgan fingerprint density at radius 1 is 1.03 bits per heavy atom. The first-order valence-electron chi connectivity index (χ1n) is 9.63. The van der Waals surface area contributed by atoms with Gasteiger partial charge >= 0.3 is 0 Å². The molecule has 0 atom stereocenters. The Balaban J connectivity index is 1.87. The van der Waals surface area contributed by atoms with Crippen LogP contribution in [0.15, 0.2) is 36.4 Å². The van der Waals surface area contributed by atoms with Gasteiger partial charge < -0.3 is 19.7 Å². The first kappa shape index (κ1) is 22.3. The van der Waals surface area contributed by atoms with E-state index in [4.69, 9.17) is 9.47 Å². The van der Waals surface area contributed by atoms with Gasteiger partial charge in [0.2, 0.25) is 5.91 Å². The molecule has 0 heterocycles. The second-order valence-corrected chi connectivity index (χ2v) is 7.27. The average Bonchev–Trinajstić information content (AvgIpc) is 2.69.